The van der Waals surface area contributed by atoms with E-state index in [1.54, 1.807) is 12.1 Å². The Labute approximate surface area is 131 Å². The van der Waals surface area contributed by atoms with Crippen molar-refractivity contribution in [3.8, 4) is 0 Å². The number of benzene rings is 1. The highest BCUT2D eigenvalue weighted by Crippen LogP contribution is 2.35. The van der Waals surface area contributed by atoms with E-state index in [9.17, 15) is 19.5 Å². The van der Waals surface area contributed by atoms with Crippen LogP contribution < -0.4 is 4.90 Å². The third-order valence-electron chi connectivity index (χ3n) is 3.21. The zero-order valence-electron chi connectivity index (χ0n) is 11.3. The van der Waals surface area contributed by atoms with Crippen molar-refractivity contribution in [1.29, 1.82) is 0 Å². The predicted molar refractivity (Wildman–Crippen MR) is 82.0 cm³/mol. The smallest absolute Gasteiger partial charge is 0.337 e. The predicted octanol–water partition coefficient (Wildman–Crippen LogP) is 2.67. The summed E-state index contributed by atoms with van der Waals surface area (Å²) in [5.41, 5.74) is 0.253. The normalized spacial score (nSPS) is 18.1. The number of carbonyl (C=O) groups is 3. The Hall–Kier alpha value is -1.53. The molecule has 112 valence electrons. The Bertz CT molecular complexity index is 605. The molecular weight excluding hydrogens is 314 g/mol. The molecule has 1 N–H and O–H groups in total. The van der Waals surface area contributed by atoms with E-state index in [2.05, 4.69) is 0 Å². The Morgan fingerprint density at radius 3 is 2.81 bits per heavy atom. The Morgan fingerprint density at radius 1 is 1.48 bits per heavy atom. The van der Waals surface area contributed by atoms with Gasteiger partial charge < -0.3 is 10.0 Å². The first kappa shape index (κ1) is 15.9. The molecule has 21 heavy (non-hydrogen) atoms. The maximum Gasteiger partial charge on any atom is 0.337 e. The fourth-order valence-electron chi connectivity index (χ4n) is 2.31. The number of halogens is 1. The molecule has 1 aromatic carbocycles. The van der Waals surface area contributed by atoms with E-state index >= 15 is 0 Å². The van der Waals surface area contributed by atoms with Gasteiger partial charge in [-0.2, -0.15) is 0 Å². The molecule has 0 aromatic heterocycles. The van der Waals surface area contributed by atoms with E-state index in [4.69, 9.17) is 11.6 Å². The Balaban J connectivity index is 2.25. The molecule has 1 unspecified atom stereocenters. The average Bonchev–Trinajstić information content (AvgIpc) is 2.77. The number of carboxylic acids is 1. The molecule has 1 saturated heterocycles. The third kappa shape index (κ3) is 3.57. The van der Waals surface area contributed by atoms with E-state index in [0.717, 1.165) is 0 Å². The highest BCUT2D eigenvalue weighted by molar-refractivity contribution is 8.13. The van der Waals surface area contributed by atoms with Crippen LogP contribution in [0.3, 0.4) is 0 Å². The van der Waals surface area contributed by atoms with Crippen molar-refractivity contribution < 1.29 is 19.5 Å². The molecule has 1 atom stereocenters. The maximum absolute atomic E-state index is 12.1. The van der Waals surface area contributed by atoms with Crippen molar-refractivity contribution in [3.63, 3.8) is 0 Å². The minimum absolute atomic E-state index is 0.00451. The summed E-state index contributed by atoms with van der Waals surface area (Å²) in [6.45, 7) is 1.86. The number of para-hydroxylation sites is 1. The van der Waals surface area contributed by atoms with Gasteiger partial charge in [-0.25, -0.2) is 4.79 Å². The van der Waals surface area contributed by atoms with Crippen LogP contribution in [0.4, 0.5) is 5.69 Å². The zero-order chi connectivity index (χ0) is 15.6. The van der Waals surface area contributed by atoms with Crippen LogP contribution in [0.5, 0.6) is 0 Å². The Kier molecular flexibility index (Phi) is 4.90. The van der Waals surface area contributed by atoms with Crippen LogP contribution in [0.1, 0.15) is 23.7 Å². The average molecular weight is 328 g/mol. The zero-order valence-corrected chi connectivity index (χ0v) is 12.9. The molecule has 1 heterocycles. The molecule has 1 fully saturated rings. The number of carbonyl (C=O) groups excluding carboxylic acids is 2. The van der Waals surface area contributed by atoms with Gasteiger partial charge in [0.25, 0.3) is 0 Å². The monoisotopic (exact) mass is 327 g/mol. The van der Waals surface area contributed by atoms with E-state index in [0.29, 0.717) is 18.7 Å². The molecule has 0 bridgehead atoms. The van der Waals surface area contributed by atoms with E-state index in [-0.39, 0.29) is 33.2 Å². The summed E-state index contributed by atoms with van der Waals surface area (Å²) in [7, 11) is 0. The molecule has 1 amide bonds. The SMILES string of the molecule is CC(=O)SCC1CC(=O)N(c2c(Cl)cccc2C(=O)O)C1. The first-order valence-electron chi connectivity index (χ1n) is 6.35. The molecule has 1 aliphatic heterocycles. The van der Waals surface area contributed by atoms with Crippen LogP contribution >= 0.6 is 23.4 Å². The van der Waals surface area contributed by atoms with E-state index < -0.39 is 5.97 Å². The van der Waals surface area contributed by atoms with Gasteiger partial charge in [-0.3, -0.25) is 9.59 Å². The number of rotatable bonds is 4. The van der Waals surface area contributed by atoms with Gasteiger partial charge >= 0.3 is 5.97 Å². The molecule has 2 rings (SSSR count). The standard InChI is InChI=1S/C14H14ClNO4S/c1-8(17)21-7-9-5-12(18)16(6-9)13-10(14(19)20)3-2-4-11(13)15/h2-4,9H,5-7H2,1H3,(H,19,20). The van der Waals surface area contributed by atoms with Crippen molar-refractivity contribution in [3.05, 3.63) is 28.8 Å². The molecule has 1 aromatic rings. The molecule has 7 heteroatoms. The highest BCUT2D eigenvalue weighted by atomic mass is 35.5. The second-order valence-corrected chi connectivity index (χ2v) is 6.42. The third-order valence-corrected chi connectivity index (χ3v) is 4.56. The van der Waals surface area contributed by atoms with Crippen LogP contribution in [0.15, 0.2) is 18.2 Å². The van der Waals surface area contributed by atoms with Gasteiger partial charge in [-0.15, -0.1) is 0 Å². The van der Waals surface area contributed by atoms with Gasteiger partial charge in [0.05, 0.1) is 16.3 Å². The second kappa shape index (κ2) is 6.49. The van der Waals surface area contributed by atoms with Crippen LogP contribution in [-0.2, 0) is 9.59 Å². The van der Waals surface area contributed by atoms with Crippen molar-refractivity contribution in [2.24, 2.45) is 5.92 Å². The fraction of sp³-hybridized carbons (Fsp3) is 0.357. The van der Waals surface area contributed by atoms with Crippen molar-refractivity contribution in [2.75, 3.05) is 17.2 Å². The molecule has 0 radical (unpaired) electrons. The Morgan fingerprint density at radius 2 is 2.19 bits per heavy atom. The summed E-state index contributed by atoms with van der Waals surface area (Å²) in [6.07, 6.45) is 0.296. The number of hydrogen-bond donors (Lipinski definition) is 1. The highest BCUT2D eigenvalue weighted by Gasteiger charge is 2.34. The summed E-state index contributed by atoms with van der Waals surface area (Å²) in [5, 5.41) is 9.48. The number of carboxylic acid groups (broad SMARTS) is 1. The van der Waals surface area contributed by atoms with Crippen molar-refractivity contribution in [2.45, 2.75) is 13.3 Å². The number of hydrogen-bond acceptors (Lipinski definition) is 4. The lowest BCUT2D eigenvalue weighted by atomic mass is 10.1. The topological polar surface area (TPSA) is 74.7 Å². The minimum Gasteiger partial charge on any atom is -0.478 e. The minimum atomic E-state index is -1.12. The van der Waals surface area contributed by atoms with E-state index in [1.165, 1.54) is 29.7 Å². The first-order chi connectivity index (χ1) is 9.90. The largest absolute Gasteiger partial charge is 0.478 e. The van der Waals surface area contributed by atoms with Gasteiger partial charge in [0, 0.05) is 25.6 Å². The lowest BCUT2D eigenvalue weighted by Crippen LogP contribution is -2.27. The number of nitrogens with zero attached hydrogens (tertiary/aromatic N) is 1. The van der Waals surface area contributed by atoms with Gasteiger partial charge in [0.2, 0.25) is 5.91 Å². The molecular formula is C14H14ClNO4S. The van der Waals surface area contributed by atoms with Crippen LogP contribution in [-0.4, -0.2) is 34.4 Å². The van der Waals surface area contributed by atoms with Crippen LogP contribution in [0.25, 0.3) is 0 Å². The molecule has 0 aliphatic carbocycles. The lowest BCUT2D eigenvalue weighted by molar-refractivity contribution is -0.117. The molecule has 0 spiro atoms. The van der Waals surface area contributed by atoms with Gasteiger partial charge in [-0.05, 0) is 18.1 Å². The van der Waals surface area contributed by atoms with Crippen molar-refractivity contribution >= 4 is 46.0 Å². The van der Waals surface area contributed by atoms with Gasteiger partial charge in [-0.1, -0.05) is 29.4 Å². The van der Waals surface area contributed by atoms with E-state index in [1.807, 2.05) is 0 Å². The fourth-order valence-corrected chi connectivity index (χ4v) is 3.28. The second-order valence-electron chi connectivity index (χ2n) is 4.82. The van der Waals surface area contributed by atoms with Crippen molar-refractivity contribution in [1.82, 2.24) is 0 Å². The quantitative estimate of drug-likeness (QED) is 0.920. The summed E-state index contributed by atoms with van der Waals surface area (Å²) in [6, 6.07) is 4.53. The maximum atomic E-state index is 12.1. The van der Waals surface area contributed by atoms with Crippen LogP contribution in [0, 0.1) is 5.92 Å². The number of aromatic carboxylic acids is 1. The van der Waals surface area contributed by atoms with Gasteiger partial charge in [0.1, 0.15) is 0 Å². The van der Waals surface area contributed by atoms with Crippen LogP contribution in [0.2, 0.25) is 5.02 Å². The number of thioether (sulfide) groups is 1. The number of anilines is 1. The molecule has 1 aliphatic rings. The summed E-state index contributed by atoms with van der Waals surface area (Å²) in [5.74, 6) is -0.726. The lowest BCUT2D eigenvalue weighted by Gasteiger charge is -2.20. The summed E-state index contributed by atoms with van der Waals surface area (Å²) in [4.78, 5) is 35.8. The first-order valence-corrected chi connectivity index (χ1v) is 7.72. The molecule has 0 saturated carbocycles. The molecule has 5 nitrogen and oxygen atoms in total. The number of amides is 1. The van der Waals surface area contributed by atoms with Gasteiger partial charge in [0.15, 0.2) is 5.12 Å². The summed E-state index contributed by atoms with van der Waals surface area (Å²) >= 11 is 7.25. The summed E-state index contributed by atoms with van der Waals surface area (Å²) < 4.78 is 0.